The fraction of sp³-hybridized carbons (Fsp3) is 0.308. The molecule has 0 fully saturated rings. The highest BCUT2D eigenvalue weighted by Gasteiger charge is 2.18. The molecule has 4 nitrogen and oxygen atoms in total. The van der Waals surface area contributed by atoms with Gasteiger partial charge in [-0.25, -0.2) is 4.98 Å². The van der Waals surface area contributed by atoms with Crippen molar-refractivity contribution < 1.29 is 0 Å². The lowest BCUT2D eigenvalue weighted by Crippen LogP contribution is -2.23. The Balaban J connectivity index is 2.41. The molecular formula is C13H15N3OS. The highest BCUT2D eigenvalue weighted by Crippen LogP contribution is 2.33. The number of aromatic nitrogens is 1. The molecule has 1 aromatic carbocycles. The molecule has 0 saturated heterocycles. The van der Waals surface area contributed by atoms with Crippen LogP contribution >= 0.6 is 11.3 Å². The van der Waals surface area contributed by atoms with Crippen molar-refractivity contribution in [1.82, 2.24) is 4.98 Å². The summed E-state index contributed by atoms with van der Waals surface area (Å²) in [5, 5.41) is 5.09. The summed E-state index contributed by atoms with van der Waals surface area (Å²) in [5.41, 5.74) is 1.98. The maximum atomic E-state index is 10.8. The van der Waals surface area contributed by atoms with E-state index in [0.717, 1.165) is 16.1 Å². The molecule has 1 aromatic heterocycles. The van der Waals surface area contributed by atoms with Crippen LogP contribution in [0, 0.1) is 11.8 Å². The summed E-state index contributed by atoms with van der Waals surface area (Å²) in [7, 11) is 0. The Kier molecular flexibility index (Phi) is 3.72. The van der Waals surface area contributed by atoms with E-state index in [0.29, 0.717) is 5.13 Å². The lowest BCUT2D eigenvalue weighted by atomic mass is 10.1. The maximum absolute atomic E-state index is 10.8. The number of hydrogen-bond acceptors (Lipinski definition) is 4. The lowest BCUT2D eigenvalue weighted by molar-refractivity contribution is 0.706. The Bertz CT molecular complexity index is 536. The van der Waals surface area contributed by atoms with Crippen LogP contribution < -0.4 is 5.01 Å². The maximum Gasteiger partial charge on any atom is 0.209 e. The summed E-state index contributed by atoms with van der Waals surface area (Å²) in [5.74, 6) is 0. The third-order valence-corrected chi connectivity index (χ3v) is 3.57. The van der Waals surface area contributed by atoms with E-state index >= 15 is 0 Å². The fourth-order valence-corrected chi connectivity index (χ4v) is 2.70. The number of aryl methyl sites for hydroxylation is 1. The molecule has 0 aliphatic carbocycles. The Morgan fingerprint density at radius 1 is 1.28 bits per heavy atom. The van der Waals surface area contributed by atoms with Crippen LogP contribution in [-0.2, 0) is 0 Å². The second kappa shape index (κ2) is 5.27. The first-order chi connectivity index (χ1) is 8.63. The Morgan fingerprint density at radius 2 is 1.94 bits per heavy atom. The van der Waals surface area contributed by atoms with Crippen molar-refractivity contribution in [3.8, 4) is 11.3 Å². The number of nitrogens with zero attached hydrogens (tertiary/aromatic N) is 3. The molecule has 1 heterocycles. The van der Waals surface area contributed by atoms with E-state index in [1.54, 1.807) is 0 Å². The quantitative estimate of drug-likeness (QED) is 0.617. The van der Waals surface area contributed by atoms with Crippen molar-refractivity contribution in [2.45, 2.75) is 26.8 Å². The third-order valence-electron chi connectivity index (χ3n) is 2.61. The molecule has 0 unspecified atom stereocenters. The van der Waals surface area contributed by atoms with Crippen molar-refractivity contribution in [3.05, 3.63) is 40.1 Å². The largest absolute Gasteiger partial charge is 0.218 e. The second-order valence-electron chi connectivity index (χ2n) is 4.29. The summed E-state index contributed by atoms with van der Waals surface area (Å²) < 4.78 is 0. The highest BCUT2D eigenvalue weighted by molar-refractivity contribution is 7.16. The molecule has 94 valence electrons. The van der Waals surface area contributed by atoms with E-state index in [1.165, 1.54) is 16.3 Å². The van der Waals surface area contributed by atoms with Gasteiger partial charge in [0, 0.05) is 10.4 Å². The van der Waals surface area contributed by atoms with E-state index in [-0.39, 0.29) is 6.04 Å². The summed E-state index contributed by atoms with van der Waals surface area (Å²) in [6.07, 6.45) is 0. The van der Waals surface area contributed by atoms with Gasteiger partial charge in [0.25, 0.3) is 0 Å². The first kappa shape index (κ1) is 12.7. The summed E-state index contributed by atoms with van der Waals surface area (Å²) in [6.45, 7) is 5.84. The van der Waals surface area contributed by atoms with Crippen LogP contribution in [0.1, 0.15) is 18.7 Å². The van der Waals surface area contributed by atoms with Crippen LogP contribution in [0.3, 0.4) is 0 Å². The zero-order chi connectivity index (χ0) is 13.1. The van der Waals surface area contributed by atoms with Crippen LogP contribution in [0.4, 0.5) is 5.13 Å². The van der Waals surface area contributed by atoms with Crippen molar-refractivity contribution in [2.24, 2.45) is 5.29 Å². The summed E-state index contributed by atoms with van der Waals surface area (Å²) in [4.78, 5) is 16.5. The fourth-order valence-electron chi connectivity index (χ4n) is 1.69. The standard InChI is InChI=1S/C13H15N3OS/c1-9(2)16(15-17)13-14-12(10(3)18-13)11-7-5-4-6-8-11/h4-9H,1-3H3. The third kappa shape index (κ3) is 2.41. The Hall–Kier alpha value is -1.75. The smallest absolute Gasteiger partial charge is 0.209 e. The van der Waals surface area contributed by atoms with Crippen molar-refractivity contribution in [1.29, 1.82) is 0 Å². The molecule has 0 bridgehead atoms. The van der Waals surface area contributed by atoms with Crippen molar-refractivity contribution in [2.75, 3.05) is 5.01 Å². The first-order valence-electron chi connectivity index (χ1n) is 5.79. The molecule has 5 heteroatoms. The van der Waals surface area contributed by atoms with Crippen LogP contribution in [0.25, 0.3) is 11.3 Å². The molecule has 0 atom stereocenters. The van der Waals surface area contributed by atoms with Gasteiger partial charge in [0.2, 0.25) is 5.13 Å². The van der Waals surface area contributed by atoms with Crippen LogP contribution in [0.5, 0.6) is 0 Å². The van der Waals surface area contributed by atoms with E-state index in [1.807, 2.05) is 51.1 Å². The van der Waals surface area contributed by atoms with E-state index in [2.05, 4.69) is 10.3 Å². The van der Waals surface area contributed by atoms with Gasteiger partial charge in [0.05, 0.1) is 17.0 Å². The van der Waals surface area contributed by atoms with Crippen LogP contribution in [0.15, 0.2) is 35.6 Å². The monoisotopic (exact) mass is 261 g/mol. The number of nitroso groups, excluding NO2 is 1. The van der Waals surface area contributed by atoms with Gasteiger partial charge in [0.1, 0.15) is 0 Å². The average Bonchev–Trinajstić information content (AvgIpc) is 2.73. The molecule has 0 N–H and O–H groups in total. The van der Waals surface area contributed by atoms with Gasteiger partial charge < -0.3 is 0 Å². The zero-order valence-corrected chi connectivity index (χ0v) is 11.4. The van der Waals surface area contributed by atoms with Gasteiger partial charge in [-0.1, -0.05) is 41.7 Å². The zero-order valence-electron chi connectivity index (χ0n) is 10.6. The second-order valence-corrected chi connectivity index (χ2v) is 5.47. The molecule has 2 rings (SSSR count). The number of anilines is 1. The van der Waals surface area contributed by atoms with E-state index in [4.69, 9.17) is 0 Å². The molecular weight excluding hydrogens is 246 g/mol. The van der Waals surface area contributed by atoms with Gasteiger partial charge in [0.15, 0.2) is 0 Å². The first-order valence-corrected chi connectivity index (χ1v) is 6.60. The molecule has 0 saturated carbocycles. The minimum absolute atomic E-state index is 0.0108. The number of hydrogen-bond donors (Lipinski definition) is 0. The van der Waals surface area contributed by atoms with Gasteiger partial charge in [-0.15, -0.1) is 4.91 Å². The van der Waals surface area contributed by atoms with Crippen molar-refractivity contribution >= 4 is 16.5 Å². The van der Waals surface area contributed by atoms with E-state index < -0.39 is 0 Å². The van der Waals surface area contributed by atoms with Gasteiger partial charge in [-0.05, 0) is 20.8 Å². The van der Waals surface area contributed by atoms with Crippen molar-refractivity contribution in [3.63, 3.8) is 0 Å². The van der Waals surface area contributed by atoms with Gasteiger partial charge in [-0.3, -0.25) is 0 Å². The van der Waals surface area contributed by atoms with Crippen LogP contribution in [-0.4, -0.2) is 11.0 Å². The molecule has 0 aliphatic rings. The van der Waals surface area contributed by atoms with E-state index in [9.17, 15) is 4.91 Å². The van der Waals surface area contributed by atoms with Crippen LogP contribution in [0.2, 0.25) is 0 Å². The molecule has 0 radical (unpaired) electrons. The molecule has 18 heavy (non-hydrogen) atoms. The van der Waals surface area contributed by atoms with Gasteiger partial charge in [-0.2, -0.15) is 5.01 Å². The highest BCUT2D eigenvalue weighted by atomic mass is 32.1. The Labute approximate surface area is 110 Å². The summed E-state index contributed by atoms with van der Waals surface area (Å²) in [6, 6.07) is 9.97. The van der Waals surface area contributed by atoms with Gasteiger partial charge >= 0.3 is 0 Å². The normalized spacial score (nSPS) is 10.7. The minimum Gasteiger partial charge on any atom is -0.218 e. The SMILES string of the molecule is Cc1sc(N(N=O)C(C)C)nc1-c1ccccc1. The number of thiazole rings is 1. The predicted molar refractivity (Wildman–Crippen MR) is 75.7 cm³/mol. The molecule has 0 spiro atoms. The number of rotatable bonds is 4. The molecule has 0 aliphatic heterocycles. The average molecular weight is 261 g/mol. The minimum atomic E-state index is 0.0108. The lowest BCUT2D eigenvalue weighted by Gasteiger charge is -2.15. The number of benzene rings is 1. The molecule has 0 amide bonds. The molecule has 2 aromatic rings. The predicted octanol–water partition coefficient (Wildman–Crippen LogP) is 4.01. The summed E-state index contributed by atoms with van der Waals surface area (Å²) >= 11 is 1.49. The Morgan fingerprint density at radius 3 is 2.50 bits per heavy atom. The topological polar surface area (TPSA) is 45.6 Å².